The molecule has 0 aliphatic heterocycles. The zero-order chi connectivity index (χ0) is 23.0. The lowest BCUT2D eigenvalue weighted by Crippen LogP contribution is -2.41. The lowest BCUT2D eigenvalue weighted by Gasteiger charge is -2.37. The smallest absolute Gasteiger partial charge is 0.311 e. The van der Waals surface area contributed by atoms with E-state index in [1.54, 1.807) is 0 Å². The summed E-state index contributed by atoms with van der Waals surface area (Å²) in [5, 5.41) is 0.273. The Morgan fingerprint density at radius 2 is 1.55 bits per heavy atom. The topological polar surface area (TPSA) is 35.5 Å². The predicted octanol–water partition coefficient (Wildman–Crippen LogP) is 7.62. The van der Waals surface area contributed by atoms with E-state index in [1.165, 1.54) is 12.0 Å². The van der Waals surface area contributed by atoms with Gasteiger partial charge in [-0.1, -0.05) is 53.2 Å². The van der Waals surface area contributed by atoms with E-state index in [0.717, 1.165) is 19.4 Å². The van der Waals surface area contributed by atoms with E-state index in [2.05, 4.69) is 67.6 Å². The Hall–Kier alpha value is -0.613. The number of esters is 1. The van der Waals surface area contributed by atoms with Crippen LogP contribution in [0.15, 0.2) is 11.6 Å². The third kappa shape index (κ3) is 12.0. The molecule has 0 saturated carbocycles. The van der Waals surface area contributed by atoms with E-state index >= 15 is 0 Å². The van der Waals surface area contributed by atoms with Gasteiger partial charge < -0.3 is 9.16 Å². The average Bonchev–Trinajstić information content (AvgIpc) is 2.50. The molecular weight excluding hydrogens is 376 g/mol. The Labute approximate surface area is 183 Å². The van der Waals surface area contributed by atoms with Crippen LogP contribution in [0.4, 0.5) is 0 Å². The molecule has 0 fully saturated rings. The molecule has 0 N–H and O–H groups in total. The van der Waals surface area contributed by atoms with Crippen LogP contribution in [-0.2, 0) is 14.0 Å². The van der Waals surface area contributed by atoms with Gasteiger partial charge in [0, 0.05) is 6.61 Å². The second kappa shape index (κ2) is 11.7. The zero-order valence-corrected chi connectivity index (χ0v) is 22.6. The molecule has 0 unspecified atom stereocenters. The van der Waals surface area contributed by atoms with Crippen molar-refractivity contribution in [1.29, 1.82) is 0 Å². The Kier molecular flexibility index (Phi) is 11.4. The van der Waals surface area contributed by atoms with Gasteiger partial charge in [-0.05, 0) is 82.8 Å². The summed E-state index contributed by atoms with van der Waals surface area (Å²) in [6, 6.07) is 0. The lowest BCUT2D eigenvalue weighted by molar-refractivity contribution is -0.153. The first kappa shape index (κ1) is 28.4. The number of carbonyl (C=O) groups is 1. The molecule has 0 rings (SSSR count). The lowest BCUT2D eigenvalue weighted by atomic mass is 9.91. The van der Waals surface area contributed by atoms with Crippen molar-refractivity contribution >= 4 is 14.3 Å². The van der Waals surface area contributed by atoms with Crippen LogP contribution in [0.5, 0.6) is 0 Å². The third-order valence-corrected chi connectivity index (χ3v) is 10.5. The fourth-order valence-electron chi connectivity index (χ4n) is 3.15. The maximum atomic E-state index is 11.8. The van der Waals surface area contributed by atoms with Gasteiger partial charge in [0.1, 0.15) is 0 Å². The summed E-state index contributed by atoms with van der Waals surface area (Å²) in [7, 11) is -1.65. The van der Waals surface area contributed by atoms with Crippen molar-refractivity contribution in [3.63, 3.8) is 0 Å². The minimum absolute atomic E-state index is 0.118. The fraction of sp³-hybridized carbons (Fsp3) is 0.880. The molecule has 4 heteroatoms. The highest BCUT2D eigenvalue weighted by molar-refractivity contribution is 6.74. The summed E-state index contributed by atoms with van der Waals surface area (Å²) in [5.41, 5.74) is 1.01. The molecule has 0 saturated heterocycles. The van der Waals surface area contributed by atoms with Gasteiger partial charge in [-0.2, -0.15) is 0 Å². The molecule has 0 aliphatic rings. The molecular formula is C25H50O3Si. The number of hydrogen-bond acceptors (Lipinski definition) is 3. The summed E-state index contributed by atoms with van der Waals surface area (Å²) in [5.74, 6) is 1.54. The van der Waals surface area contributed by atoms with Crippen LogP contribution >= 0.6 is 0 Å². The van der Waals surface area contributed by atoms with Crippen molar-refractivity contribution < 1.29 is 14.0 Å². The molecule has 29 heavy (non-hydrogen) atoms. The van der Waals surface area contributed by atoms with Crippen LogP contribution in [0, 0.1) is 23.2 Å². The second-order valence-corrected chi connectivity index (χ2v) is 16.7. The molecule has 0 amide bonds. The Bertz CT molecular complexity index is 523. The summed E-state index contributed by atoms with van der Waals surface area (Å²) in [6.07, 6.45) is 5.54. The van der Waals surface area contributed by atoms with Gasteiger partial charge in [0.05, 0.1) is 12.0 Å². The number of carbonyl (C=O) groups excluding carboxylic acids is 1. The van der Waals surface area contributed by atoms with E-state index in [0.29, 0.717) is 24.4 Å². The first-order chi connectivity index (χ1) is 13.0. The van der Waals surface area contributed by atoms with Crippen LogP contribution in [0.2, 0.25) is 18.1 Å². The van der Waals surface area contributed by atoms with E-state index in [-0.39, 0.29) is 11.0 Å². The van der Waals surface area contributed by atoms with Crippen molar-refractivity contribution in [1.82, 2.24) is 0 Å². The molecule has 0 radical (unpaired) electrons. The quantitative estimate of drug-likeness (QED) is 0.193. The summed E-state index contributed by atoms with van der Waals surface area (Å²) >= 11 is 0. The Morgan fingerprint density at radius 1 is 1.00 bits per heavy atom. The molecule has 0 aromatic rings. The highest BCUT2D eigenvalue weighted by Gasteiger charge is 2.37. The van der Waals surface area contributed by atoms with Gasteiger partial charge in [-0.15, -0.1) is 0 Å². The van der Waals surface area contributed by atoms with Crippen molar-refractivity contribution in [2.24, 2.45) is 23.2 Å². The number of allylic oxidation sites excluding steroid dienone is 2. The average molecular weight is 427 g/mol. The maximum absolute atomic E-state index is 11.8. The largest absolute Gasteiger partial charge is 0.465 e. The second-order valence-electron chi connectivity index (χ2n) is 11.9. The molecule has 0 spiro atoms. The van der Waals surface area contributed by atoms with Crippen LogP contribution in [0.3, 0.4) is 0 Å². The number of rotatable bonds is 11. The highest BCUT2D eigenvalue weighted by Crippen LogP contribution is 2.37. The Balaban J connectivity index is 4.34. The van der Waals surface area contributed by atoms with Gasteiger partial charge in [-0.25, -0.2) is 0 Å². The van der Waals surface area contributed by atoms with Gasteiger partial charge in [-0.3, -0.25) is 4.79 Å². The minimum atomic E-state index is -1.65. The van der Waals surface area contributed by atoms with E-state index in [4.69, 9.17) is 9.16 Å². The molecule has 172 valence electrons. The van der Waals surface area contributed by atoms with Crippen LogP contribution in [0.25, 0.3) is 0 Å². The summed E-state index contributed by atoms with van der Waals surface area (Å²) in [4.78, 5) is 11.8. The van der Waals surface area contributed by atoms with Crippen LogP contribution in [-0.4, -0.2) is 27.5 Å². The van der Waals surface area contributed by atoms with Gasteiger partial charge in [0.15, 0.2) is 8.32 Å². The number of hydrogen-bond donors (Lipinski definition) is 0. The van der Waals surface area contributed by atoms with Crippen LogP contribution < -0.4 is 0 Å². The van der Waals surface area contributed by atoms with Crippen molar-refractivity contribution in [2.75, 3.05) is 13.2 Å². The molecule has 0 heterocycles. The van der Waals surface area contributed by atoms with Gasteiger partial charge >= 0.3 is 5.97 Å². The number of ether oxygens (including phenoxy) is 1. The standard InChI is InChI=1S/C25H50O3Si/c1-19(13-14-27-23(26)24(5,6)7)15-20(2)16-21(3)17-22(4)18-28-29(11,12)25(8,9)10/h15,19,21-22H,13-14,16-18H2,1-12H3/b20-15+/t19-,21-,22-/m1/s1. The summed E-state index contributed by atoms with van der Waals surface area (Å²) in [6.45, 7) is 27.7. The van der Waals surface area contributed by atoms with Gasteiger partial charge in [0.25, 0.3) is 0 Å². The SMILES string of the molecule is C/C(=C\[C@H](C)CCOC(=O)C(C)(C)C)C[C@@H](C)C[C@@H](C)CO[Si](C)(C)C(C)(C)C. The van der Waals surface area contributed by atoms with Gasteiger partial charge in [0.2, 0.25) is 0 Å². The van der Waals surface area contributed by atoms with Crippen LogP contribution in [0.1, 0.15) is 88.5 Å². The molecule has 0 aromatic carbocycles. The predicted molar refractivity (Wildman–Crippen MR) is 129 cm³/mol. The summed E-state index contributed by atoms with van der Waals surface area (Å²) < 4.78 is 11.8. The highest BCUT2D eigenvalue weighted by atomic mass is 28.4. The molecule has 0 bridgehead atoms. The van der Waals surface area contributed by atoms with E-state index in [1.807, 2.05) is 20.8 Å². The normalized spacial score (nSPS) is 17.0. The fourth-order valence-corrected chi connectivity index (χ4v) is 4.28. The zero-order valence-electron chi connectivity index (χ0n) is 21.6. The van der Waals surface area contributed by atoms with E-state index < -0.39 is 13.7 Å². The van der Waals surface area contributed by atoms with E-state index in [9.17, 15) is 4.79 Å². The van der Waals surface area contributed by atoms with Crippen molar-refractivity contribution in [2.45, 2.75) is 107 Å². The van der Waals surface area contributed by atoms with Crippen molar-refractivity contribution in [3.05, 3.63) is 11.6 Å². The third-order valence-electron chi connectivity index (χ3n) is 6.00. The van der Waals surface area contributed by atoms with Crippen molar-refractivity contribution in [3.8, 4) is 0 Å². The molecule has 0 aliphatic carbocycles. The monoisotopic (exact) mass is 426 g/mol. The minimum Gasteiger partial charge on any atom is -0.465 e. The molecule has 3 nitrogen and oxygen atoms in total. The molecule has 3 atom stereocenters. The first-order valence-electron chi connectivity index (χ1n) is 11.4. The maximum Gasteiger partial charge on any atom is 0.311 e. The molecule has 0 aromatic heterocycles. The first-order valence-corrected chi connectivity index (χ1v) is 14.3. The Morgan fingerprint density at radius 3 is 2.03 bits per heavy atom.